The lowest BCUT2D eigenvalue weighted by molar-refractivity contribution is -0.138. The van der Waals surface area contributed by atoms with E-state index in [2.05, 4.69) is 59.7 Å². The van der Waals surface area contributed by atoms with Crippen molar-refractivity contribution in [3.63, 3.8) is 0 Å². The Morgan fingerprint density at radius 3 is 1.75 bits per heavy atom. The Balaban J connectivity index is 3.28. The molecule has 0 saturated heterocycles. The lowest BCUT2D eigenvalue weighted by Crippen LogP contribution is -2.32. The molecule has 0 saturated carbocycles. The zero-order valence-corrected chi connectivity index (χ0v) is 13.4. The van der Waals surface area contributed by atoms with Gasteiger partial charge in [0.1, 0.15) is 6.04 Å². The maximum absolute atomic E-state index is 10.9. The zero-order valence-electron chi connectivity index (χ0n) is 13.4. The zero-order chi connectivity index (χ0) is 15.7. The van der Waals surface area contributed by atoms with Gasteiger partial charge in [0.15, 0.2) is 0 Å². The summed E-state index contributed by atoms with van der Waals surface area (Å²) >= 11 is 0. The fourth-order valence-electron chi connectivity index (χ4n) is 2.02. The molecule has 0 aromatic heterocycles. The third-order valence-corrected chi connectivity index (χ3v) is 3.50. The van der Waals surface area contributed by atoms with Crippen molar-refractivity contribution in [1.29, 1.82) is 0 Å². The molecular formula is C17H27NO2. The molecule has 0 radical (unpaired) electrons. The highest BCUT2D eigenvalue weighted by Gasteiger charge is 2.21. The molecule has 0 aliphatic heterocycles. The first-order valence-electron chi connectivity index (χ1n) is 7.04. The number of carbonyl (C=O) groups is 1. The van der Waals surface area contributed by atoms with Crippen LogP contribution in [0, 0.1) is 0 Å². The van der Waals surface area contributed by atoms with Crippen LogP contribution in [0.5, 0.6) is 0 Å². The second-order valence-electron chi connectivity index (χ2n) is 7.57. The molecular weight excluding hydrogens is 250 g/mol. The Hall–Kier alpha value is -1.35. The van der Waals surface area contributed by atoms with Gasteiger partial charge >= 0.3 is 5.97 Å². The van der Waals surface area contributed by atoms with Crippen LogP contribution in [0.25, 0.3) is 0 Å². The number of nitrogens with two attached hydrogens (primary N) is 1. The number of hydrogen-bond acceptors (Lipinski definition) is 2. The number of rotatable bonds is 3. The van der Waals surface area contributed by atoms with Crippen LogP contribution in [0.2, 0.25) is 0 Å². The molecule has 1 atom stereocenters. The van der Waals surface area contributed by atoms with E-state index in [4.69, 9.17) is 10.8 Å². The van der Waals surface area contributed by atoms with Crippen LogP contribution in [0.15, 0.2) is 18.2 Å². The lowest BCUT2D eigenvalue weighted by atomic mass is 9.79. The van der Waals surface area contributed by atoms with E-state index in [0.717, 1.165) is 5.56 Å². The van der Waals surface area contributed by atoms with Gasteiger partial charge in [-0.1, -0.05) is 59.7 Å². The van der Waals surface area contributed by atoms with Crippen LogP contribution in [0.4, 0.5) is 0 Å². The first-order chi connectivity index (χ1) is 8.91. The molecule has 1 aromatic rings. The highest BCUT2D eigenvalue weighted by molar-refractivity contribution is 5.73. The molecule has 1 aromatic carbocycles. The van der Waals surface area contributed by atoms with Crippen molar-refractivity contribution in [3.05, 3.63) is 34.9 Å². The van der Waals surface area contributed by atoms with Crippen LogP contribution in [-0.4, -0.2) is 17.1 Å². The molecule has 3 N–H and O–H groups in total. The Morgan fingerprint density at radius 1 is 1.05 bits per heavy atom. The van der Waals surface area contributed by atoms with Gasteiger partial charge < -0.3 is 10.8 Å². The number of benzene rings is 1. The van der Waals surface area contributed by atoms with Crippen molar-refractivity contribution >= 4 is 5.97 Å². The summed E-state index contributed by atoms with van der Waals surface area (Å²) in [6.07, 6.45) is 0.363. The van der Waals surface area contributed by atoms with Crippen molar-refractivity contribution in [1.82, 2.24) is 0 Å². The Bertz CT molecular complexity index is 460. The second kappa shape index (κ2) is 5.57. The molecule has 0 spiro atoms. The number of carboxylic acids is 1. The molecule has 0 amide bonds. The van der Waals surface area contributed by atoms with Crippen molar-refractivity contribution in [2.24, 2.45) is 5.73 Å². The van der Waals surface area contributed by atoms with Crippen molar-refractivity contribution in [2.75, 3.05) is 0 Å². The molecule has 3 heteroatoms. The number of aliphatic carboxylic acids is 1. The largest absolute Gasteiger partial charge is 0.480 e. The smallest absolute Gasteiger partial charge is 0.320 e. The van der Waals surface area contributed by atoms with E-state index in [9.17, 15) is 4.79 Å². The van der Waals surface area contributed by atoms with E-state index in [1.807, 2.05) is 0 Å². The van der Waals surface area contributed by atoms with Crippen molar-refractivity contribution in [3.8, 4) is 0 Å². The summed E-state index contributed by atoms with van der Waals surface area (Å²) in [6, 6.07) is 5.53. The van der Waals surface area contributed by atoms with Gasteiger partial charge in [-0.3, -0.25) is 4.79 Å². The average Bonchev–Trinajstić information content (AvgIpc) is 2.26. The molecule has 0 aliphatic rings. The minimum Gasteiger partial charge on any atom is -0.480 e. The fraction of sp³-hybridized carbons (Fsp3) is 0.588. The predicted molar refractivity (Wildman–Crippen MR) is 83.2 cm³/mol. The van der Waals surface area contributed by atoms with Gasteiger partial charge in [-0.15, -0.1) is 0 Å². The molecule has 0 unspecified atom stereocenters. The second-order valence-corrected chi connectivity index (χ2v) is 7.57. The van der Waals surface area contributed by atoms with Gasteiger partial charge in [-0.25, -0.2) is 0 Å². The summed E-state index contributed by atoms with van der Waals surface area (Å²) in [7, 11) is 0. The van der Waals surface area contributed by atoms with Crippen LogP contribution in [0.1, 0.15) is 58.2 Å². The fourth-order valence-corrected chi connectivity index (χ4v) is 2.02. The molecule has 0 bridgehead atoms. The Labute approximate surface area is 122 Å². The van der Waals surface area contributed by atoms with E-state index in [1.165, 1.54) is 11.1 Å². The maximum Gasteiger partial charge on any atom is 0.320 e. The molecule has 1 rings (SSSR count). The first-order valence-corrected chi connectivity index (χ1v) is 7.04. The molecule has 3 nitrogen and oxygen atoms in total. The summed E-state index contributed by atoms with van der Waals surface area (Å²) in [5.74, 6) is -0.955. The lowest BCUT2D eigenvalue weighted by Gasteiger charge is -2.26. The van der Waals surface area contributed by atoms with Crippen molar-refractivity contribution < 1.29 is 9.90 Å². The summed E-state index contributed by atoms with van der Waals surface area (Å²) in [6.45, 7) is 13.0. The van der Waals surface area contributed by atoms with E-state index < -0.39 is 12.0 Å². The molecule has 0 fully saturated rings. The third kappa shape index (κ3) is 4.34. The number of carboxylic acid groups (broad SMARTS) is 1. The van der Waals surface area contributed by atoms with Crippen LogP contribution in [0.3, 0.4) is 0 Å². The molecule has 20 heavy (non-hydrogen) atoms. The van der Waals surface area contributed by atoms with Crippen LogP contribution in [-0.2, 0) is 22.0 Å². The average molecular weight is 277 g/mol. The normalized spacial score (nSPS) is 14.2. The summed E-state index contributed by atoms with van der Waals surface area (Å²) < 4.78 is 0. The minimum absolute atomic E-state index is 0.0311. The summed E-state index contributed by atoms with van der Waals surface area (Å²) in [4.78, 5) is 10.9. The summed E-state index contributed by atoms with van der Waals surface area (Å²) in [5.41, 5.74) is 9.17. The highest BCUT2D eigenvalue weighted by atomic mass is 16.4. The van der Waals surface area contributed by atoms with E-state index >= 15 is 0 Å². The predicted octanol–water partition coefficient (Wildman–Crippen LogP) is 3.24. The Kier molecular flexibility index (Phi) is 4.65. The standard InChI is InChI=1S/C17H27NO2/c1-16(2,3)12-7-11(9-14(18)15(19)20)8-13(10-12)17(4,5)6/h7-8,10,14H,9,18H2,1-6H3,(H,19,20)/t14-/m0/s1. The third-order valence-electron chi connectivity index (χ3n) is 3.50. The molecule has 112 valence electrons. The van der Waals surface area contributed by atoms with E-state index in [1.54, 1.807) is 0 Å². The van der Waals surface area contributed by atoms with Gasteiger partial charge in [-0.2, -0.15) is 0 Å². The van der Waals surface area contributed by atoms with E-state index in [-0.39, 0.29) is 10.8 Å². The highest BCUT2D eigenvalue weighted by Crippen LogP contribution is 2.30. The molecule has 0 heterocycles. The van der Waals surface area contributed by atoms with Gasteiger partial charge in [-0.05, 0) is 33.9 Å². The Morgan fingerprint density at radius 2 is 1.45 bits per heavy atom. The minimum atomic E-state index is -0.955. The SMILES string of the molecule is CC(C)(C)c1cc(C[C@H](N)C(=O)O)cc(C(C)(C)C)c1. The van der Waals surface area contributed by atoms with Crippen molar-refractivity contribution in [2.45, 2.75) is 64.8 Å². The van der Waals surface area contributed by atoms with E-state index in [0.29, 0.717) is 6.42 Å². The quantitative estimate of drug-likeness (QED) is 0.891. The van der Waals surface area contributed by atoms with Gasteiger partial charge in [0.05, 0.1) is 0 Å². The van der Waals surface area contributed by atoms with Crippen LogP contribution < -0.4 is 5.73 Å². The topological polar surface area (TPSA) is 63.3 Å². The van der Waals surface area contributed by atoms with Gasteiger partial charge in [0, 0.05) is 0 Å². The maximum atomic E-state index is 10.9. The summed E-state index contributed by atoms with van der Waals surface area (Å²) in [5, 5.41) is 8.98. The molecule has 0 aliphatic carbocycles. The van der Waals surface area contributed by atoms with Gasteiger partial charge in [0.2, 0.25) is 0 Å². The number of hydrogen-bond donors (Lipinski definition) is 2. The van der Waals surface area contributed by atoms with Gasteiger partial charge in [0.25, 0.3) is 0 Å². The monoisotopic (exact) mass is 277 g/mol. The van der Waals surface area contributed by atoms with Crippen LogP contribution >= 0.6 is 0 Å². The first kappa shape index (κ1) is 16.7.